The highest BCUT2D eigenvalue weighted by molar-refractivity contribution is 5.88. The van der Waals surface area contributed by atoms with Gasteiger partial charge in [-0.15, -0.1) is 0 Å². The van der Waals surface area contributed by atoms with Crippen molar-refractivity contribution >= 4 is 16.9 Å². The van der Waals surface area contributed by atoms with Crippen LogP contribution in [0.4, 0.5) is 13.2 Å². The van der Waals surface area contributed by atoms with Crippen LogP contribution in [0.3, 0.4) is 0 Å². The molecule has 4 aromatic rings. The lowest BCUT2D eigenvalue weighted by molar-refractivity contribution is 0.0643. The molecule has 0 bridgehead atoms. The number of aromatic nitrogens is 1. The lowest BCUT2D eigenvalue weighted by Crippen LogP contribution is -2.48. The fourth-order valence-corrected chi connectivity index (χ4v) is 5.32. The molecule has 1 aliphatic rings. The zero-order valence-electron chi connectivity index (χ0n) is 20.3. The first-order valence-electron chi connectivity index (χ1n) is 11.9. The fourth-order valence-electron chi connectivity index (χ4n) is 5.32. The molecule has 7 heteroatoms. The standard InChI is InChI=1S/C29H27F3N2O2/c1-16-12-21-20-6-4-5-7-24(20)33-26(21)27(34(16)15-29(2,3)32)25-22(30)13-19(14-23(25)31)17-8-10-18(11-9-17)28(35)36/h4-11,13-14,16,27,33H,12,15H2,1-3H3,(H,35,36)/t16-,27-/m1/s1. The van der Waals surface area contributed by atoms with Gasteiger partial charge in [-0.2, -0.15) is 0 Å². The van der Waals surface area contributed by atoms with Gasteiger partial charge in [0.15, 0.2) is 0 Å². The van der Waals surface area contributed by atoms with Crippen molar-refractivity contribution in [3.63, 3.8) is 0 Å². The van der Waals surface area contributed by atoms with Gasteiger partial charge in [-0.05, 0) is 74.2 Å². The Morgan fingerprint density at radius 2 is 1.69 bits per heavy atom. The van der Waals surface area contributed by atoms with E-state index in [0.717, 1.165) is 16.5 Å². The average molecular weight is 493 g/mol. The number of halogens is 3. The van der Waals surface area contributed by atoms with Crippen molar-refractivity contribution in [3.05, 3.63) is 94.7 Å². The van der Waals surface area contributed by atoms with Crippen molar-refractivity contribution in [1.29, 1.82) is 0 Å². The van der Waals surface area contributed by atoms with Crippen molar-refractivity contribution in [3.8, 4) is 11.1 Å². The number of fused-ring (bicyclic) bond motifs is 3. The van der Waals surface area contributed by atoms with Crippen molar-refractivity contribution in [2.45, 2.75) is 44.9 Å². The Kier molecular flexibility index (Phi) is 5.91. The Hall–Kier alpha value is -3.58. The number of carboxylic acids is 1. The molecular weight excluding hydrogens is 465 g/mol. The molecule has 0 fully saturated rings. The summed E-state index contributed by atoms with van der Waals surface area (Å²) >= 11 is 0. The van der Waals surface area contributed by atoms with Crippen molar-refractivity contribution in [1.82, 2.24) is 9.88 Å². The van der Waals surface area contributed by atoms with Gasteiger partial charge in [-0.1, -0.05) is 30.3 Å². The number of benzene rings is 3. The van der Waals surface area contributed by atoms with E-state index in [4.69, 9.17) is 5.11 Å². The summed E-state index contributed by atoms with van der Waals surface area (Å²) in [7, 11) is 0. The van der Waals surface area contributed by atoms with Crippen LogP contribution in [-0.2, 0) is 6.42 Å². The Morgan fingerprint density at radius 1 is 1.06 bits per heavy atom. The largest absolute Gasteiger partial charge is 0.478 e. The summed E-state index contributed by atoms with van der Waals surface area (Å²) < 4.78 is 46.5. The van der Waals surface area contributed by atoms with Crippen LogP contribution in [0.2, 0.25) is 0 Å². The average Bonchev–Trinajstić information content (AvgIpc) is 3.17. The van der Waals surface area contributed by atoms with Crippen LogP contribution >= 0.6 is 0 Å². The molecule has 2 N–H and O–H groups in total. The van der Waals surface area contributed by atoms with E-state index in [1.165, 1.54) is 50.2 Å². The van der Waals surface area contributed by atoms with Crippen molar-refractivity contribution in [2.24, 2.45) is 0 Å². The highest BCUT2D eigenvalue weighted by atomic mass is 19.1. The minimum atomic E-state index is -1.57. The maximum absolute atomic E-state index is 15.8. The second-order valence-electron chi connectivity index (χ2n) is 10.1. The number of nitrogens with zero attached hydrogens (tertiary/aromatic N) is 1. The smallest absolute Gasteiger partial charge is 0.335 e. The molecule has 36 heavy (non-hydrogen) atoms. The van der Waals surface area contributed by atoms with Gasteiger partial charge in [0.2, 0.25) is 0 Å². The molecule has 0 aliphatic carbocycles. The third kappa shape index (κ3) is 4.28. The number of hydrogen-bond acceptors (Lipinski definition) is 2. The van der Waals surface area contributed by atoms with Crippen molar-refractivity contribution in [2.75, 3.05) is 6.54 Å². The quantitative estimate of drug-likeness (QED) is 0.319. The SMILES string of the molecule is C[C@@H]1Cc2c([nH]c3ccccc23)[C@@H](c2c(F)cc(-c3ccc(C(=O)O)cc3)cc2F)N1CC(C)(C)F. The van der Waals surface area contributed by atoms with Gasteiger partial charge in [-0.25, -0.2) is 18.0 Å². The topological polar surface area (TPSA) is 56.3 Å². The molecule has 1 aromatic heterocycles. The second-order valence-corrected chi connectivity index (χ2v) is 10.1. The van der Waals surface area contributed by atoms with E-state index in [-0.39, 0.29) is 23.7 Å². The zero-order valence-corrected chi connectivity index (χ0v) is 20.3. The summed E-state index contributed by atoms with van der Waals surface area (Å²) in [6, 6.07) is 15.1. The third-order valence-corrected chi connectivity index (χ3v) is 6.89. The summed E-state index contributed by atoms with van der Waals surface area (Å²) in [6.45, 7) is 4.89. The van der Waals surface area contributed by atoms with Crippen LogP contribution < -0.4 is 0 Å². The van der Waals surface area contributed by atoms with Gasteiger partial charge in [0.05, 0.1) is 11.6 Å². The molecule has 3 aromatic carbocycles. The van der Waals surface area contributed by atoms with Crippen LogP contribution in [0.25, 0.3) is 22.0 Å². The molecule has 0 radical (unpaired) electrons. The van der Waals surface area contributed by atoms with Gasteiger partial charge in [0.25, 0.3) is 0 Å². The molecule has 5 rings (SSSR count). The normalized spacial score (nSPS) is 18.4. The van der Waals surface area contributed by atoms with E-state index in [1.54, 1.807) is 0 Å². The minimum Gasteiger partial charge on any atom is -0.478 e. The van der Waals surface area contributed by atoms with E-state index < -0.39 is 29.3 Å². The van der Waals surface area contributed by atoms with Gasteiger partial charge in [0, 0.05) is 34.7 Å². The number of aromatic carboxylic acids is 1. The highest BCUT2D eigenvalue weighted by Crippen LogP contribution is 2.43. The number of aromatic amines is 1. The summed E-state index contributed by atoms with van der Waals surface area (Å²) in [4.78, 5) is 16.3. The second kappa shape index (κ2) is 8.82. The van der Waals surface area contributed by atoms with E-state index in [2.05, 4.69) is 4.98 Å². The molecule has 0 amide bonds. The number of rotatable bonds is 5. The predicted octanol–water partition coefficient (Wildman–Crippen LogP) is 6.90. The molecule has 0 saturated heterocycles. The van der Waals surface area contributed by atoms with Gasteiger partial charge >= 0.3 is 5.97 Å². The van der Waals surface area contributed by atoms with E-state index in [9.17, 15) is 9.18 Å². The van der Waals surface area contributed by atoms with Gasteiger partial charge in [0.1, 0.15) is 17.3 Å². The molecule has 186 valence electrons. The van der Waals surface area contributed by atoms with Crippen LogP contribution in [0.15, 0.2) is 60.7 Å². The van der Waals surface area contributed by atoms with Crippen LogP contribution in [0, 0.1) is 11.6 Å². The fraction of sp³-hybridized carbons (Fsp3) is 0.276. The first kappa shape index (κ1) is 24.1. The number of alkyl halides is 1. The van der Waals surface area contributed by atoms with Gasteiger partial charge in [-0.3, -0.25) is 4.90 Å². The monoisotopic (exact) mass is 492 g/mol. The summed E-state index contributed by atoms with van der Waals surface area (Å²) in [5.41, 5.74) is 1.70. The molecular formula is C29H27F3N2O2. The maximum atomic E-state index is 15.8. The number of carbonyl (C=O) groups is 1. The Labute approximate surface area is 207 Å². The summed E-state index contributed by atoms with van der Waals surface area (Å²) in [6.07, 6.45) is 0.628. The molecule has 1 aliphatic heterocycles. The number of H-pyrrole nitrogens is 1. The van der Waals surface area contributed by atoms with Crippen LogP contribution in [0.5, 0.6) is 0 Å². The number of nitrogens with one attached hydrogen (secondary N) is 1. The molecule has 0 spiro atoms. The van der Waals surface area contributed by atoms with E-state index in [1.807, 2.05) is 36.1 Å². The Morgan fingerprint density at radius 3 is 2.31 bits per heavy atom. The summed E-state index contributed by atoms with van der Waals surface area (Å²) in [5, 5.41) is 10.1. The maximum Gasteiger partial charge on any atom is 0.335 e. The minimum absolute atomic E-state index is 0.00488. The van der Waals surface area contributed by atoms with Crippen LogP contribution in [0.1, 0.15) is 54.0 Å². The lowest BCUT2D eigenvalue weighted by Gasteiger charge is -2.43. The first-order valence-corrected chi connectivity index (χ1v) is 11.9. The van der Waals surface area contributed by atoms with E-state index >= 15 is 8.78 Å². The molecule has 2 atom stereocenters. The van der Waals surface area contributed by atoms with Crippen LogP contribution in [-0.4, -0.2) is 39.2 Å². The number of carboxylic acid groups (broad SMARTS) is 1. The zero-order chi connectivity index (χ0) is 25.8. The van der Waals surface area contributed by atoms with E-state index in [0.29, 0.717) is 23.2 Å². The number of para-hydroxylation sites is 1. The molecule has 4 nitrogen and oxygen atoms in total. The molecule has 0 saturated carbocycles. The summed E-state index contributed by atoms with van der Waals surface area (Å²) in [5.74, 6) is -2.55. The Balaban J connectivity index is 1.66. The lowest BCUT2D eigenvalue weighted by atomic mass is 9.86. The number of hydrogen-bond donors (Lipinski definition) is 2. The van der Waals surface area contributed by atoms with Gasteiger partial charge < -0.3 is 10.1 Å². The Bertz CT molecular complexity index is 1430. The first-order chi connectivity index (χ1) is 17.0. The molecule has 0 unspecified atom stereocenters. The highest BCUT2D eigenvalue weighted by Gasteiger charge is 2.41. The third-order valence-electron chi connectivity index (χ3n) is 6.89. The van der Waals surface area contributed by atoms with Crippen molar-refractivity contribution < 1.29 is 23.1 Å². The predicted molar refractivity (Wildman–Crippen MR) is 134 cm³/mol. The molecule has 2 heterocycles.